The minimum atomic E-state index is -0.797. The van der Waals surface area contributed by atoms with Gasteiger partial charge < -0.3 is 15.7 Å². The van der Waals surface area contributed by atoms with E-state index >= 15 is 0 Å². The third-order valence-corrected chi connectivity index (χ3v) is 2.86. The van der Waals surface area contributed by atoms with Crippen LogP contribution < -0.4 is 10.6 Å². The third-order valence-electron chi connectivity index (χ3n) is 2.86. The van der Waals surface area contributed by atoms with Crippen LogP contribution in [0.5, 0.6) is 0 Å². The molecule has 0 aliphatic heterocycles. The Labute approximate surface area is 112 Å². The van der Waals surface area contributed by atoms with Gasteiger partial charge in [-0.3, -0.25) is 14.6 Å². The normalized spacial score (nSPS) is 11.7. The van der Waals surface area contributed by atoms with Crippen molar-refractivity contribution in [2.45, 2.75) is 19.8 Å². The van der Waals surface area contributed by atoms with Crippen molar-refractivity contribution in [2.75, 3.05) is 18.9 Å². The van der Waals surface area contributed by atoms with Gasteiger partial charge in [0.25, 0.3) is 5.91 Å². The summed E-state index contributed by atoms with van der Waals surface area (Å²) in [5, 5.41) is 14.4. The first-order valence-electron chi connectivity index (χ1n) is 6.20. The topological polar surface area (TPSA) is 91.3 Å². The standard InChI is InChI=1S/C13H19N3O3/c1-3-9(6-12(17)18)8-16-10-4-5-15-11(7-10)13(19)14-2/h4-5,7,9H,3,6,8H2,1-2H3,(H,14,19)(H,15,16)(H,17,18). The Kier molecular flexibility index (Phi) is 5.78. The molecule has 0 aromatic carbocycles. The zero-order valence-corrected chi connectivity index (χ0v) is 11.1. The van der Waals surface area contributed by atoms with Crippen molar-refractivity contribution in [1.82, 2.24) is 10.3 Å². The number of carbonyl (C=O) groups is 2. The quantitative estimate of drug-likeness (QED) is 0.692. The summed E-state index contributed by atoms with van der Waals surface area (Å²) < 4.78 is 0. The van der Waals surface area contributed by atoms with E-state index in [0.717, 1.165) is 12.1 Å². The number of nitrogens with one attached hydrogen (secondary N) is 2. The van der Waals surface area contributed by atoms with Crippen LogP contribution in [0.2, 0.25) is 0 Å². The summed E-state index contributed by atoms with van der Waals surface area (Å²) in [5.41, 5.74) is 1.09. The number of hydrogen-bond donors (Lipinski definition) is 3. The number of anilines is 1. The number of pyridine rings is 1. The lowest BCUT2D eigenvalue weighted by atomic mass is 10.0. The average Bonchev–Trinajstić information content (AvgIpc) is 2.42. The van der Waals surface area contributed by atoms with Gasteiger partial charge in [0.05, 0.1) is 0 Å². The maximum atomic E-state index is 11.4. The predicted octanol–water partition coefficient (Wildman–Crippen LogP) is 1.35. The highest BCUT2D eigenvalue weighted by Crippen LogP contribution is 2.12. The van der Waals surface area contributed by atoms with Crippen LogP contribution in [0.3, 0.4) is 0 Å². The highest BCUT2D eigenvalue weighted by Gasteiger charge is 2.11. The molecule has 0 saturated heterocycles. The molecule has 0 fully saturated rings. The maximum absolute atomic E-state index is 11.4. The van der Waals surface area contributed by atoms with Crippen molar-refractivity contribution in [3.05, 3.63) is 24.0 Å². The van der Waals surface area contributed by atoms with E-state index in [1.54, 1.807) is 25.4 Å². The average molecular weight is 265 g/mol. The van der Waals surface area contributed by atoms with Crippen LogP contribution in [0.4, 0.5) is 5.69 Å². The molecule has 0 aliphatic rings. The monoisotopic (exact) mass is 265 g/mol. The lowest BCUT2D eigenvalue weighted by Gasteiger charge is -2.14. The van der Waals surface area contributed by atoms with Gasteiger partial charge in [-0.15, -0.1) is 0 Å². The van der Waals surface area contributed by atoms with Crippen molar-refractivity contribution in [1.29, 1.82) is 0 Å². The fraction of sp³-hybridized carbons (Fsp3) is 0.462. The van der Waals surface area contributed by atoms with E-state index in [2.05, 4.69) is 15.6 Å². The summed E-state index contributed by atoms with van der Waals surface area (Å²) in [6.07, 6.45) is 2.47. The number of carboxylic acid groups (broad SMARTS) is 1. The van der Waals surface area contributed by atoms with Crippen molar-refractivity contribution in [3.63, 3.8) is 0 Å². The Hall–Kier alpha value is -2.11. The SMILES string of the molecule is CCC(CNc1ccnc(C(=O)NC)c1)CC(=O)O. The van der Waals surface area contributed by atoms with Gasteiger partial charge in [-0.25, -0.2) is 0 Å². The fourth-order valence-electron chi connectivity index (χ4n) is 1.66. The summed E-state index contributed by atoms with van der Waals surface area (Å²) in [7, 11) is 1.55. The molecule has 0 saturated carbocycles. The Morgan fingerprint density at radius 3 is 2.79 bits per heavy atom. The first kappa shape index (κ1) is 14.9. The second-order valence-corrected chi connectivity index (χ2v) is 4.26. The van der Waals surface area contributed by atoms with Crippen LogP contribution in [0.25, 0.3) is 0 Å². The molecule has 0 aliphatic carbocycles. The molecule has 1 aromatic rings. The zero-order valence-electron chi connectivity index (χ0n) is 11.1. The van der Waals surface area contributed by atoms with Gasteiger partial charge in [0.2, 0.25) is 0 Å². The molecule has 0 spiro atoms. The van der Waals surface area contributed by atoms with Crippen LogP contribution in [-0.4, -0.2) is 35.6 Å². The minimum absolute atomic E-state index is 0.0640. The molecule has 1 unspecified atom stereocenters. The number of aliphatic carboxylic acids is 1. The smallest absolute Gasteiger partial charge is 0.303 e. The predicted molar refractivity (Wildman–Crippen MR) is 72.2 cm³/mol. The summed E-state index contributed by atoms with van der Waals surface area (Å²) in [5.74, 6) is -0.982. The van der Waals surface area contributed by atoms with Gasteiger partial charge in [-0.2, -0.15) is 0 Å². The van der Waals surface area contributed by atoms with Gasteiger partial charge in [0.1, 0.15) is 5.69 Å². The first-order chi connectivity index (χ1) is 9.06. The Balaban J connectivity index is 2.61. The van der Waals surface area contributed by atoms with Crippen LogP contribution in [0, 0.1) is 5.92 Å². The number of rotatable bonds is 7. The fourth-order valence-corrected chi connectivity index (χ4v) is 1.66. The zero-order chi connectivity index (χ0) is 14.3. The number of hydrogen-bond acceptors (Lipinski definition) is 4. The molecular formula is C13H19N3O3. The third kappa shape index (κ3) is 4.95. The highest BCUT2D eigenvalue weighted by molar-refractivity contribution is 5.92. The maximum Gasteiger partial charge on any atom is 0.303 e. The van der Waals surface area contributed by atoms with E-state index in [0.29, 0.717) is 12.2 Å². The van der Waals surface area contributed by atoms with Crippen LogP contribution in [-0.2, 0) is 4.79 Å². The first-order valence-corrected chi connectivity index (χ1v) is 6.20. The van der Waals surface area contributed by atoms with Crippen LogP contribution >= 0.6 is 0 Å². The number of carboxylic acids is 1. The van der Waals surface area contributed by atoms with Gasteiger partial charge in [-0.1, -0.05) is 13.3 Å². The molecule has 3 N–H and O–H groups in total. The minimum Gasteiger partial charge on any atom is -0.481 e. The molecule has 1 heterocycles. The molecule has 1 atom stereocenters. The van der Waals surface area contributed by atoms with E-state index in [1.165, 1.54) is 0 Å². The molecule has 1 aromatic heterocycles. The van der Waals surface area contributed by atoms with Gasteiger partial charge in [0, 0.05) is 31.9 Å². The van der Waals surface area contributed by atoms with Crippen molar-refractivity contribution in [2.24, 2.45) is 5.92 Å². The molecule has 6 heteroatoms. The number of carbonyl (C=O) groups excluding carboxylic acids is 1. The van der Waals surface area contributed by atoms with Crippen LogP contribution in [0.15, 0.2) is 18.3 Å². The molecule has 104 valence electrons. The molecule has 6 nitrogen and oxygen atoms in total. The second kappa shape index (κ2) is 7.35. The molecular weight excluding hydrogens is 246 g/mol. The lowest BCUT2D eigenvalue weighted by Crippen LogP contribution is -2.20. The van der Waals surface area contributed by atoms with E-state index in [9.17, 15) is 9.59 Å². The van der Waals surface area contributed by atoms with E-state index in [4.69, 9.17) is 5.11 Å². The molecule has 1 rings (SSSR count). The Morgan fingerprint density at radius 1 is 1.47 bits per heavy atom. The number of amides is 1. The molecule has 19 heavy (non-hydrogen) atoms. The van der Waals surface area contributed by atoms with Gasteiger partial charge in [-0.05, 0) is 18.1 Å². The highest BCUT2D eigenvalue weighted by atomic mass is 16.4. The van der Waals surface area contributed by atoms with Gasteiger partial charge in [0.15, 0.2) is 0 Å². The van der Waals surface area contributed by atoms with Crippen LogP contribution in [0.1, 0.15) is 30.3 Å². The molecule has 1 amide bonds. The molecule has 0 radical (unpaired) electrons. The largest absolute Gasteiger partial charge is 0.481 e. The summed E-state index contributed by atoms with van der Waals surface area (Å²) >= 11 is 0. The Morgan fingerprint density at radius 2 is 2.21 bits per heavy atom. The Bertz CT molecular complexity index is 449. The van der Waals surface area contributed by atoms with E-state index < -0.39 is 5.97 Å². The summed E-state index contributed by atoms with van der Waals surface area (Å²) in [6, 6.07) is 3.40. The van der Waals surface area contributed by atoms with E-state index in [-0.39, 0.29) is 18.2 Å². The number of nitrogens with zero attached hydrogens (tertiary/aromatic N) is 1. The van der Waals surface area contributed by atoms with Gasteiger partial charge >= 0.3 is 5.97 Å². The molecule has 0 bridgehead atoms. The number of aromatic nitrogens is 1. The van der Waals surface area contributed by atoms with Crippen molar-refractivity contribution >= 4 is 17.6 Å². The van der Waals surface area contributed by atoms with Crippen molar-refractivity contribution < 1.29 is 14.7 Å². The summed E-state index contributed by atoms with van der Waals surface area (Å²) in [4.78, 5) is 26.1. The second-order valence-electron chi connectivity index (χ2n) is 4.26. The summed E-state index contributed by atoms with van der Waals surface area (Å²) in [6.45, 7) is 2.51. The lowest BCUT2D eigenvalue weighted by molar-refractivity contribution is -0.138. The van der Waals surface area contributed by atoms with Crippen molar-refractivity contribution in [3.8, 4) is 0 Å². The van der Waals surface area contributed by atoms with E-state index in [1.807, 2.05) is 6.92 Å².